The van der Waals surface area contributed by atoms with Gasteiger partial charge in [0, 0.05) is 44.6 Å². The number of anilines is 1. The van der Waals surface area contributed by atoms with Gasteiger partial charge in [-0.15, -0.1) is 0 Å². The quantitative estimate of drug-likeness (QED) is 0.868. The minimum atomic E-state index is -0.0552. The van der Waals surface area contributed by atoms with E-state index in [1.54, 1.807) is 26.4 Å². The molecule has 0 aliphatic carbocycles. The Morgan fingerprint density at radius 2 is 1.96 bits per heavy atom. The molecule has 1 aliphatic heterocycles. The molecule has 2 aromatic rings. The van der Waals surface area contributed by atoms with E-state index >= 15 is 0 Å². The Kier molecular flexibility index (Phi) is 4.60. The Bertz CT molecular complexity index is 726. The lowest BCUT2D eigenvalue weighted by molar-refractivity contribution is -0.117. The Morgan fingerprint density at radius 1 is 1.21 bits per heavy atom. The lowest BCUT2D eigenvalue weighted by Gasteiger charge is -2.16. The highest BCUT2D eigenvalue weighted by molar-refractivity contribution is 5.95. The van der Waals surface area contributed by atoms with Crippen molar-refractivity contribution in [3.63, 3.8) is 0 Å². The van der Waals surface area contributed by atoms with Crippen molar-refractivity contribution in [2.45, 2.75) is 12.8 Å². The molecular formula is C19H21N3O2. The first-order chi connectivity index (χ1) is 11.5. The molecule has 3 rings (SSSR count). The lowest BCUT2D eigenvalue weighted by Crippen LogP contribution is -2.24. The molecule has 0 radical (unpaired) electrons. The van der Waals surface area contributed by atoms with Crippen LogP contribution >= 0.6 is 0 Å². The van der Waals surface area contributed by atoms with Gasteiger partial charge in [0.05, 0.1) is 5.56 Å². The average molecular weight is 323 g/mol. The molecule has 1 aromatic heterocycles. The summed E-state index contributed by atoms with van der Waals surface area (Å²) in [4.78, 5) is 31.9. The number of para-hydroxylation sites is 1. The van der Waals surface area contributed by atoms with E-state index in [1.807, 2.05) is 41.3 Å². The number of amides is 2. The molecule has 1 unspecified atom stereocenters. The minimum absolute atomic E-state index is 0.0552. The molecule has 2 amide bonds. The van der Waals surface area contributed by atoms with E-state index in [0.717, 1.165) is 17.8 Å². The fourth-order valence-electron chi connectivity index (χ4n) is 3.00. The highest BCUT2D eigenvalue weighted by atomic mass is 16.2. The van der Waals surface area contributed by atoms with Gasteiger partial charge >= 0.3 is 0 Å². The maximum Gasteiger partial charge on any atom is 0.254 e. The fourth-order valence-corrected chi connectivity index (χ4v) is 3.00. The van der Waals surface area contributed by atoms with Gasteiger partial charge in [-0.2, -0.15) is 0 Å². The lowest BCUT2D eigenvalue weighted by atomic mass is 10.0. The zero-order chi connectivity index (χ0) is 17.1. The van der Waals surface area contributed by atoms with Crippen molar-refractivity contribution in [1.82, 2.24) is 9.88 Å². The summed E-state index contributed by atoms with van der Waals surface area (Å²) in [6.45, 7) is 0.711. The van der Waals surface area contributed by atoms with Crippen LogP contribution in [0.2, 0.25) is 0 Å². The first-order valence-electron chi connectivity index (χ1n) is 8.06. The van der Waals surface area contributed by atoms with Crippen LogP contribution in [0.3, 0.4) is 0 Å². The number of carbonyl (C=O) groups is 2. The second-order valence-electron chi connectivity index (χ2n) is 6.35. The number of nitrogens with zero attached hydrogens (tertiary/aromatic N) is 3. The summed E-state index contributed by atoms with van der Waals surface area (Å²) in [6.07, 6.45) is 2.89. The summed E-state index contributed by atoms with van der Waals surface area (Å²) < 4.78 is 0. The van der Waals surface area contributed by atoms with Gasteiger partial charge < -0.3 is 9.80 Å². The number of hydrogen-bond donors (Lipinski definition) is 0. The normalized spacial score (nSPS) is 17.2. The molecule has 0 spiro atoms. The third kappa shape index (κ3) is 3.45. The maximum absolute atomic E-state index is 12.2. The van der Waals surface area contributed by atoms with Crippen molar-refractivity contribution in [2.75, 3.05) is 25.5 Å². The Labute approximate surface area is 141 Å². The van der Waals surface area contributed by atoms with Crippen LogP contribution in [0.25, 0.3) is 0 Å². The molecule has 0 bridgehead atoms. The van der Waals surface area contributed by atoms with Gasteiger partial charge in [0.1, 0.15) is 0 Å². The van der Waals surface area contributed by atoms with Crippen LogP contribution in [-0.4, -0.2) is 42.3 Å². The van der Waals surface area contributed by atoms with Gasteiger partial charge in [-0.25, -0.2) is 0 Å². The fraction of sp³-hybridized carbons (Fsp3) is 0.316. The van der Waals surface area contributed by atoms with Crippen LogP contribution in [0, 0.1) is 5.92 Å². The molecule has 1 atom stereocenters. The maximum atomic E-state index is 12.2. The van der Waals surface area contributed by atoms with Crippen molar-refractivity contribution in [3.8, 4) is 0 Å². The van der Waals surface area contributed by atoms with Crippen molar-refractivity contribution in [1.29, 1.82) is 0 Å². The van der Waals surface area contributed by atoms with Gasteiger partial charge in [-0.05, 0) is 36.6 Å². The predicted molar refractivity (Wildman–Crippen MR) is 92.9 cm³/mol. The molecule has 2 heterocycles. The van der Waals surface area contributed by atoms with Crippen molar-refractivity contribution >= 4 is 17.5 Å². The monoisotopic (exact) mass is 323 g/mol. The molecule has 1 fully saturated rings. The number of pyridine rings is 1. The van der Waals surface area contributed by atoms with E-state index in [0.29, 0.717) is 18.5 Å². The molecule has 5 nitrogen and oxygen atoms in total. The van der Waals surface area contributed by atoms with Gasteiger partial charge in [0.2, 0.25) is 5.91 Å². The highest BCUT2D eigenvalue weighted by Gasteiger charge is 2.30. The smallest absolute Gasteiger partial charge is 0.254 e. The van der Waals surface area contributed by atoms with E-state index in [9.17, 15) is 9.59 Å². The molecular weight excluding hydrogens is 302 g/mol. The van der Waals surface area contributed by atoms with Gasteiger partial charge in [-0.1, -0.05) is 18.2 Å². The van der Waals surface area contributed by atoms with Crippen LogP contribution in [0.1, 0.15) is 22.5 Å². The molecule has 0 saturated carbocycles. The molecule has 1 aliphatic rings. The number of aromatic nitrogens is 1. The van der Waals surface area contributed by atoms with Crippen LogP contribution in [0.15, 0.2) is 48.7 Å². The van der Waals surface area contributed by atoms with E-state index in [1.165, 1.54) is 4.90 Å². The first kappa shape index (κ1) is 16.2. The third-order valence-electron chi connectivity index (χ3n) is 4.25. The summed E-state index contributed by atoms with van der Waals surface area (Å²) in [5, 5.41) is 0. The zero-order valence-electron chi connectivity index (χ0n) is 14.0. The van der Waals surface area contributed by atoms with Crippen molar-refractivity contribution in [2.24, 2.45) is 5.92 Å². The summed E-state index contributed by atoms with van der Waals surface area (Å²) in [7, 11) is 3.44. The van der Waals surface area contributed by atoms with Crippen LogP contribution in [-0.2, 0) is 11.2 Å². The summed E-state index contributed by atoms with van der Waals surface area (Å²) in [6, 6.07) is 13.4. The predicted octanol–water partition coefficient (Wildman–Crippen LogP) is 2.38. The Hall–Kier alpha value is -2.69. The average Bonchev–Trinajstić information content (AvgIpc) is 2.96. The summed E-state index contributed by atoms with van der Waals surface area (Å²) >= 11 is 0. The molecule has 1 saturated heterocycles. The van der Waals surface area contributed by atoms with Crippen LogP contribution in [0.4, 0.5) is 5.69 Å². The molecule has 1 aromatic carbocycles. The second-order valence-corrected chi connectivity index (χ2v) is 6.35. The Morgan fingerprint density at radius 3 is 2.58 bits per heavy atom. The highest BCUT2D eigenvalue weighted by Crippen LogP contribution is 2.26. The van der Waals surface area contributed by atoms with Gasteiger partial charge in [0.15, 0.2) is 0 Å². The standard InChI is InChI=1S/C19H21N3O2/c1-21(2)19(24)15-8-9-16(20-12-15)10-14-11-18(23)22(13-14)17-6-4-3-5-7-17/h3-9,12,14H,10-11,13H2,1-2H3. The van der Waals surface area contributed by atoms with E-state index in [2.05, 4.69) is 4.98 Å². The largest absolute Gasteiger partial charge is 0.345 e. The first-order valence-corrected chi connectivity index (χ1v) is 8.06. The minimum Gasteiger partial charge on any atom is -0.345 e. The topological polar surface area (TPSA) is 53.5 Å². The van der Waals surface area contributed by atoms with E-state index in [-0.39, 0.29) is 17.7 Å². The Balaban J connectivity index is 1.65. The second kappa shape index (κ2) is 6.83. The summed E-state index contributed by atoms with van der Waals surface area (Å²) in [5.41, 5.74) is 2.44. The van der Waals surface area contributed by atoms with Crippen LogP contribution < -0.4 is 4.90 Å². The van der Waals surface area contributed by atoms with E-state index in [4.69, 9.17) is 0 Å². The number of hydrogen-bond acceptors (Lipinski definition) is 3. The molecule has 124 valence electrons. The zero-order valence-corrected chi connectivity index (χ0v) is 14.0. The molecule has 0 N–H and O–H groups in total. The van der Waals surface area contributed by atoms with Gasteiger partial charge in [0.25, 0.3) is 5.91 Å². The number of rotatable bonds is 4. The van der Waals surface area contributed by atoms with Crippen molar-refractivity contribution in [3.05, 3.63) is 59.9 Å². The summed E-state index contributed by atoms with van der Waals surface area (Å²) in [5.74, 6) is 0.353. The molecule has 5 heteroatoms. The number of carbonyl (C=O) groups excluding carboxylic acids is 2. The molecule has 24 heavy (non-hydrogen) atoms. The van der Waals surface area contributed by atoms with E-state index < -0.39 is 0 Å². The van der Waals surface area contributed by atoms with Crippen molar-refractivity contribution < 1.29 is 9.59 Å². The SMILES string of the molecule is CN(C)C(=O)c1ccc(CC2CC(=O)N(c3ccccc3)C2)nc1. The third-order valence-corrected chi connectivity index (χ3v) is 4.25. The van der Waals surface area contributed by atoms with Gasteiger partial charge in [-0.3, -0.25) is 14.6 Å². The number of benzene rings is 1. The van der Waals surface area contributed by atoms with Crippen LogP contribution in [0.5, 0.6) is 0 Å².